The number of anilines is 1. The molecule has 1 aliphatic heterocycles. The van der Waals surface area contributed by atoms with Crippen LogP contribution >= 0.6 is 0 Å². The molecule has 1 aliphatic rings. The Morgan fingerprint density at radius 1 is 1.16 bits per heavy atom. The second-order valence-corrected chi connectivity index (χ2v) is 6.21. The average Bonchev–Trinajstić information content (AvgIpc) is 2.37. The quantitative estimate of drug-likeness (QED) is 0.816. The Bertz CT molecular complexity index is 439. The van der Waals surface area contributed by atoms with E-state index in [-0.39, 0.29) is 17.4 Å². The molecule has 1 aromatic carbocycles. The Balaban J connectivity index is 2.13. The molecule has 1 amide bonds. The van der Waals surface area contributed by atoms with Crippen LogP contribution in [0.25, 0.3) is 0 Å². The maximum Gasteiger partial charge on any atom is 0.225 e. The number of benzene rings is 1. The van der Waals surface area contributed by atoms with Gasteiger partial charge in [-0.2, -0.15) is 0 Å². The van der Waals surface area contributed by atoms with Gasteiger partial charge < -0.3 is 9.80 Å². The second kappa shape index (κ2) is 5.24. The van der Waals surface area contributed by atoms with Crippen molar-refractivity contribution in [3.05, 3.63) is 30.3 Å². The minimum atomic E-state index is -0.116. The summed E-state index contributed by atoms with van der Waals surface area (Å²) in [6, 6.07) is 10.4. The first-order valence-corrected chi connectivity index (χ1v) is 7.03. The lowest BCUT2D eigenvalue weighted by Crippen LogP contribution is -2.62. The van der Waals surface area contributed by atoms with Crippen LogP contribution in [0, 0.1) is 5.92 Å². The Morgan fingerprint density at radius 2 is 1.79 bits per heavy atom. The van der Waals surface area contributed by atoms with Gasteiger partial charge in [-0.15, -0.1) is 0 Å². The number of carbonyl (C=O) groups is 1. The maximum atomic E-state index is 12.3. The highest BCUT2D eigenvalue weighted by molar-refractivity contribution is 5.79. The fraction of sp³-hybridized carbons (Fsp3) is 0.562. The molecular formula is C16H24N2O. The Morgan fingerprint density at radius 3 is 2.32 bits per heavy atom. The first kappa shape index (κ1) is 13.9. The number of para-hydroxylation sites is 1. The molecule has 0 bridgehead atoms. The molecule has 0 aromatic heterocycles. The van der Waals surface area contributed by atoms with Gasteiger partial charge in [-0.05, 0) is 26.0 Å². The molecule has 1 saturated heterocycles. The van der Waals surface area contributed by atoms with Gasteiger partial charge in [0.15, 0.2) is 0 Å². The van der Waals surface area contributed by atoms with Crippen LogP contribution in [0.3, 0.4) is 0 Å². The first-order valence-electron chi connectivity index (χ1n) is 7.03. The van der Waals surface area contributed by atoms with Gasteiger partial charge in [0, 0.05) is 31.2 Å². The zero-order valence-electron chi connectivity index (χ0n) is 12.4. The molecule has 0 saturated carbocycles. The summed E-state index contributed by atoms with van der Waals surface area (Å²) in [7, 11) is 0. The SMILES string of the molecule is CC(C)C(=O)N1CCN(c2ccccc2)CC1(C)C. The number of rotatable bonds is 2. The van der Waals surface area contributed by atoms with Crippen molar-refractivity contribution in [2.75, 3.05) is 24.5 Å². The van der Waals surface area contributed by atoms with E-state index in [1.165, 1.54) is 5.69 Å². The predicted octanol–water partition coefficient (Wildman–Crippen LogP) is 2.77. The van der Waals surface area contributed by atoms with Gasteiger partial charge in [-0.1, -0.05) is 32.0 Å². The zero-order chi connectivity index (χ0) is 14.0. The summed E-state index contributed by atoms with van der Waals surface area (Å²) < 4.78 is 0. The van der Waals surface area contributed by atoms with Crippen LogP contribution in [0.2, 0.25) is 0 Å². The molecule has 1 aromatic rings. The van der Waals surface area contributed by atoms with Gasteiger partial charge in [0.1, 0.15) is 0 Å². The summed E-state index contributed by atoms with van der Waals surface area (Å²) in [6.07, 6.45) is 0. The van der Waals surface area contributed by atoms with Crippen molar-refractivity contribution in [2.24, 2.45) is 5.92 Å². The minimum Gasteiger partial charge on any atom is -0.367 e. The van der Waals surface area contributed by atoms with Gasteiger partial charge >= 0.3 is 0 Å². The number of piperazine rings is 1. The van der Waals surface area contributed by atoms with E-state index in [2.05, 4.69) is 43.0 Å². The highest BCUT2D eigenvalue weighted by Crippen LogP contribution is 2.26. The first-order chi connectivity index (χ1) is 8.92. The van der Waals surface area contributed by atoms with Crippen molar-refractivity contribution < 1.29 is 4.79 Å². The van der Waals surface area contributed by atoms with Crippen molar-refractivity contribution in [3.8, 4) is 0 Å². The Kier molecular flexibility index (Phi) is 3.83. The van der Waals surface area contributed by atoms with E-state index in [9.17, 15) is 4.79 Å². The summed E-state index contributed by atoms with van der Waals surface area (Å²) in [5.41, 5.74) is 1.13. The third-order valence-electron chi connectivity index (χ3n) is 3.78. The van der Waals surface area contributed by atoms with E-state index in [1.807, 2.05) is 24.8 Å². The van der Waals surface area contributed by atoms with Crippen LogP contribution in [-0.2, 0) is 4.79 Å². The lowest BCUT2D eigenvalue weighted by atomic mass is 9.96. The standard InChI is InChI=1S/C16H24N2O/c1-13(2)15(19)18-11-10-17(12-16(18,3)4)14-8-6-5-7-9-14/h5-9,13H,10-12H2,1-4H3. The molecular weight excluding hydrogens is 236 g/mol. The van der Waals surface area contributed by atoms with E-state index in [1.54, 1.807) is 0 Å². The van der Waals surface area contributed by atoms with Crippen LogP contribution in [0.1, 0.15) is 27.7 Å². The van der Waals surface area contributed by atoms with Crippen molar-refractivity contribution in [2.45, 2.75) is 33.2 Å². The van der Waals surface area contributed by atoms with Crippen molar-refractivity contribution in [1.82, 2.24) is 4.90 Å². The van der Waals surface area contributed by atoms with Crippen LogP contribution in [0.15, 0.2) is 30.3 Å². The lowest BCUT2D eigenvalue weighted by molar-refractivity contribution is -0.140. The molecule has 104 valence electrons. The minimum absolute atomic E-state index is 0.0718. The molecule has 0 unspecified atom stereocenters. The van der Waals surface area contributed by atoms with E-state index in [0.29, 0.717) is 0 Å². The Labute approximate surface area is 116 Å². The Hall–Kier alpha value is -1.51. The highest BCUT2D eigenvalue weighted by Gasteiger charge is 2.37. The normalized spacial score (nSPS) is 18.8. The van der Waals surface area contributed by atoms with Crippen LogP contribution in [-0.4, -0.2) is 36.0 Å². The van der Waals surface area contributed by atoms with Gasteiger partial charge in [0.25, 0.3) is 0 Å². The fourth-order valence-corrected chi connectivity index (χ4v) is 2.73. The lowest BCUT2D eigenvalue weighted by Gasteiger charge is -2.48. The van der Waals surface area contributed by atoms with Gasteiger partial charge in [-0.3, -0.25) is 4.79 Å². The smallest absolute Gasteiger partial charge is 0.225 e. The van der Waals surface area contributed by atoms with Crippen LogP contribution in [0.5, 0.6) is 0 Å². The number of nitrogens with zero attached hydrogens (tertiary/aromatic N) is 2. The monoisotopic (exact) mass is 260 g/mol. The van der Waals surface area contributed by atoms with Gasteiger partial charge in [0.2, 0.25) is 5.91 Å². The third-order valence-corrected chi connectivity index (χ3v) is 3.78. The van der Waals surface area contributed by atoms with Crippen molar-refractivity contribution >= 4 is 11.6 Å². The van der Waals surface area contributed by atoms with Crippen molar-refractivity contribution in [3.63, 3.8) is 0 Å². The van der Waals surface area contributed by atoms with Gasteiger partial charge in [-0.25, -0.2) is 0 Å². The number of carbonyl (C=O) groups excluding carboxylic acids is 1. The number of hydrogen-bond acceptors (Lipinski definition) is 2. The van der Waals surface area contributed by atoms with E-state index < -0.39 is 0 Å². The van der Waals surface area contributed by atoms with Crippen molar-refractivity contribution in [1.29, 1.82) is 0 Å². The zero-order valence-corrected chi connectivity index (χ0v) is 12.4. The van der Waals surface area contributed by atoms with Crippen LogP contribution in [0.4, 0.5) is 5.69 Å². The average molecular weight is 260 g/mol. The predicted molar refractivity (Wildman–Crippen MR) is 79.3 cm³/mol. The van der Waals surface area contributed by atoms with Gasteiger partial charge in [0.05, 0.1) is 5.54 Å². The molecule has 0 spiro atoms. The topological polar surface area (TPSA) is 23.6 Å². The molecule has 19 heavy (non-hydrogen) atoms. The summed E-state index contributed by atoms with van der Waals surface area (Å²) in [5.74, 6) is 0.334. The molecule has 3 heteroatoms. The molecule has 1 fully saturated rings. The molecule has 1 heterocycles. The molecule has 2 rings (SSSR count). The van der Waals surface area contributed by atoms with E-state index in [4.69, 9.17) is 0 Å². The highest BCUT2D eigenvalue weighted by atomic mass is 16.2. The summed E-state index contributed by atoms with van der Waals surface area (Å²) in [5, 5.41) is 0. The van der Waals surface area contributed by atoms with E-state index >= 15 is 0 Å². The van der Waals surface area contributed by atoms with E-state index in [0.717, 1.165) is 19.6 Å². The summed E-state index contributed by atoms with van der Waals surface area (Å²) >= 11 is 0. The second-order valence-electron chi connectivity index (χ2n) is 6.21. The molecule has 0 aliphatic carbocycles. The van der Waals surface area contributed by atoms with Crippen LogP contribution < -0.4 is 4.90 Å². The summed E-state index contributed by atoms with van der Waals surface area (Å²) in [6.45, 7) is 10.9. The summed E-state index contributed by atoms with van der Waals surface area (Å²) in [4.78, 5) is 16.7. The number of amides is 1. The largest absolute Gasteiger partial charge is 0.367 e. The molecule has 0 N–H and O–H groups in total. The molecule has 3 nitrogen and oxygen atoms in total. The maximum absolute atomic E-state index is 12.3. The molecule has 0 atom stereocenters. The fourth-order valence-electron chi connectivity index (χ4n) is 2.73. The number of hydrogen-bond donors (Lipinski definition) is 0. The molecule has 0 radical (unpaired) electrons. The third kappa shape index (κ3) is 2.91.